The molecule has 1 aliphatic rings. The first-order valence-electron chi connectivity index (χ1n) is 6.28. The number of aromatic carboxylic acids is 1. The van der Waals surface area contributed by atoms with Crippen molar-refractivity contribution in [3.63, 3.8) is 0 Å². The molecule has 1 aromatic carbocycles. The third kappa shape index (κ3) is 3.26. The Kier molecular flexibility index (Phi) is 4.08. The molecular weight excluding hydrogens is 320 g/mol. The van der Waals surface area contributed by atoms with Gasteiger partial charge < -0.3 is 10.4 Å². The molecule has 0 atom stereocenters. The normalized spacial score (nSPS) is 17.9. The minimum absolute atomic E-state index is 0.158. The molecule has 0 aliphatic carbocycles. The van der Waals surface area contributed by atoms with Crippen molar-refractivity contribution in [2.45, 2.75) is 0 Å². The largest absolute Gasteiger partial charge is 0.478 e. The van der Waals surface area contributed by atoms with Crippen molar-refractivity contribution in [3.8, 4) is 0 Å². The summed E-state index contributed by atoms with van der Waals surface area (Å²) in [6.45, 7) is 0. The van der Waals surface area contributed by atoms with E-state index in [2.05, 4.69) is 10.3 Å². The van der Waals surface area contributed by atoms with Crippen LogP contribution >= 0.6 is 23.1 Å². The fourth-order valence-corrected chi connectivity index (χ4v) is 3.37. The number of nitrogens with zero attached hydrogens (tertiary/aromatic N) is 1. The molecule has 1 aliphatic heterocycles. The Hall–Kier alpha value is -2.38. The summed E-state index contributed by atoms with van der Waals surface area (Å²) in [6.07, 6.45) is 1.81. The van der Waals surface area contributed by atoms with E-state index in [4.69, 9.17) is 5.11 Å². The first-order chi connectivity index (χ1) is 10.6. The fourth-order valence-electron chi connectivity index (χ4n) is 1.81. The van der Waals surface area contributed by atoms with Gasteiger partial charge >= 0.3 is 5.97 Å². The number of nitrogens with one attached hydrogen (secondary N) is 1. The first kappa shape index (κ1) is 14.6. The molecule has 1 amide bonds. The predicted octanol–water partition coefficient (Wildman–Crippen LogP) is 3.34. The second-order valence-electron chi connectivity index (χ2n) is 4.35. The molecule has 3 rings (SSSR count). The SMILES string of the molecule is O=C1NC(=Nc2cccc(C(=O)O)c2)SC1=Cc1cccs1. The Bertz CT molecular complexity index is 795. The average molecular weight is 330 g/mol. The first-order valence-corrected chi connectivity index (χ1v) is 7.98. The van der Waals surface area contributed by atoms with Gasteiger partial charge in [-0.15, -0.1) is 11.3 Å². The zero-order valence-electron chi connectivity index (χ0n) is 11.1. The standard InChI is InChI=1S/C15H10N2O3S2/c18-13-12(8-11-5-2-6-21-11)22-15(17-13)16-10-4-1-3-9(7-10)14(19)20/h1-8H,(H,19,20)(H,16,17,18). The lowest BCUT2D eigenvalue weighted by atomic mass is 10.2. The molecule has 2 heterocycles. The highest BCUT2D eigenvalue weighted by Crippen LogP contribution is 2.29. The minimum Gasteiger partial charge on any atom is -0.478 e. The third-order valence-corrected chi connectivity index (χ3v) is 4.52. The topological polar surface area (TPSA) is 78.8 Å². The molecule has 0 spiro atoms. The number of carbonyl (C=O) groups is 2. The quantitative estimate of drug-likeness (QED) is 0.846. The number of thiophene rings is 1. The Balaban J connectivity index is 1.83. The molecule has 1 aromatic heterocycles. The van der Waals surface area contributed by atoms with Crippen molar-refractivity contribution < 1.29 is 14.7 Å². The Morgan fingerprint density at radius 2 is 2.14 bits per heavy atom. The van der Waals surface area contributed by atoms with Crippen LogP contribution in [-0.4, -0.2) is 22.2 Å². The van der Waals surface area contributed by atoms with Crippen LogP contribution in [0.25, 0.3) is 6.08 Å². The molecule has 22 heavy (non-hydrogen) atoms. The molecule has 0 radical (unpaired) electrons. The molecule has 0 saturated carbocycles. The number of carbonyl (C=O) groups excluding carboxylic acids is 1. The lowest BCUT2D eigenvalue weighted by molar-refractivity contribution is -0.115. The summed E-state index contributed by atoms with van der Waals surface area (Å²) < 4.78 is 0. The van der Waals surface area contributed by atoms with Crippen molar-refractivity contribution >= 4 is 51.9 Å². The molecule has 0 bridgehead atoms. The number of amides is 1. The highest BCUT2D eigenvalue weighted by Gasteiger charge is 2.23. The van der Waals surface area contributed by atoms with E-state index < -0.39 is 5.97 Å². The van der Waals surface area contributed by atoms with Crippen molar-refractivity contribution in [2.24, 2.45) is 4.99 Å². The van der Waals surface area contributed by atoms with Crippen LogP contribution < -0.4 is 5.32 Å². The summed E-state index contributed by atoms with van der Waals surface area (Å²) in [5, 5.41) is 14.0. The lowest BCUT2D eigenvalue weighted by Crippen LogP contribution is -2.19. The maximum atomic E-state index is 11.9. The number of amidine groups is 1. The highest BCUT2D eigenvalue weighted by molar-refractivity contribution is 8.18. The van der Waals surface area contributed by atoms with Gasteiger partial charge in [-0.25, -0.2) is 9.79 Å². The maximum absolute atomic E-state index is 11.9. The van der Waals surface area contributed by atoms with Crippen LogP contribution in [-0.2, 0) is 4.79 Å². The number of benzene rings is 1. The van der Waals surface area contributed by atoms with Gasteiger partial charge in [-0.1, -0.05) is 12.1 Å². The van der Waals surface area contributed by atoms with E-state index in [1.807, 2.05) is 17.5 Å². The van der Waals surface area contributed by atoms with Gasteiger partial charge in [0.1, 0.15) is 0 Å². The van der Waals surface area contributed by atoms with Gasteiger partial charge in [-0.05, 0) is 47.5 Å². The maximum Gasteiger partial charge on any atom is 0.335 e. The van der Waals surface area contributed by atoms with Gasteiger partial charge in [-0.3, -0.25) is 4.79 Å². The summed E-state index contributed by atoms with van der Waals surface area (Å²) >= 11 is 2.78. The number of hydrogen-bond acceptors (Lipinski definition) is 5. The summed E-state index contributed by atoms with van der Waals surface area (Å²) in [5.41, 5.74) is 0.644. The van der Waals surface area contributed by atoms with Crippen LogP contribution in [0.15, 0.2) is 51.7 Å². The third-order valence-electron chi connectivity index (χ3n) is 2.79. The number of aliphatic imine (C=N–C) groups is 1. The summed E-state index contributed by atoms with van der Waals surface area (Å²) in [7, 11) is 0. The van der Waals surface area contributed by atoms with Gasteiger partial charge in [0, 0.05) is 4.88 Å². The van der Waals surface area contributed by atoms with E-state index in [1.165, 1.54) is 23.9 Å². The zero-order chi connectivity index (χ0) is 15.5. The summed E-state index contributed by atoms with van der Waals surface area (Å²) in [4.78, 5) is 28.7. The van der Waals surface area contributed by atoms with Gasteiger partial charge in [-0.2, -0.15) is 0 Å². The Morgan fingerprint density at radius 1 is 1.27 bits per heavy atom. The number of carboxylic acid groups (broad SMARTS) is 1. The fraction of sp³-hybridized carbons (Fsp3) is 0. The van der Waals surface area contributed by atoms with Gasteiger partial charge in [0.2, 0.25) is 0 Å². The Labute approximate surface area is 134 Å². The van der Waals surface area contributed by atoms with Crippen molar-refractivity contribution in [3.05, 3.63) is 57.1 Å². The van der Waals surface area contributed by atoms with Crippen LogP contribution in [0, 0.1) is 0 Å². The minimum atomic E-state index is -1.01. The number of rotatable bonds is 3. The van der Waals surface area contributed by atoms with Crippen molar-refractivity contribution in [2.75, 3.05) is 0 Å². The van der Waals surface area contributed by atoms with E-state index in [-0.39, 0.29) is 11.5 Å². The van der Waals surface area contributed by atoms with E-state index in [1.54, 1.807) is 29.5 Å². The van der Waals surface area contributed by atoms with Gasteiger partial charge in [0.15, 0.2) is 5.17 Å². The smallest absolute Gasteiger partial charge is 0.335 e. The van der Waals surface area contributed by atoms with E-state index in [0.717, 1.165) is 4.88 Å². The molecule has 5 nitrogen and oxygen atoms in total. The average Bonchev–Trinajstić information content (AvgIpc) is 3.10. The van der Waals surface area contributed by atoms with Crippen LogP contribution in [0.5, 0.6) is 0 Å². The van der Waals surface area contributed by atoms with E-state index in [0.29, 0.717) is 15.8 Å². The molecule has 2 N–H and O–H groups in total. The van der Waals surface area contributed by atoms with Crippen LogP contribution in [0.1, 0.15) is 15.2 Å². The highest BCUT2D eigenvalue weighted by atomic mass is 32.2. The van der Waals surface area contributed by atoms with Crippen LogP contribution in [0.3, 0.4) is 0 Å². The second kappa shape index (κ2) is 6.17. The zero-order valence-corrected chi connectivity index (χ0v) is 12.8. The van der Waals surface area contributed by atoms with E-state index in [9.17, 15) is 9.59 Å². The number of carboxylic acids is 1. The monoisotopic (exact) mass is 330 g/mol. The predicted molar refractivity (Wildman–Crippen MR) is 88.5 cm³/mol. The molecule has 0 unspecified atom stereocenters. The van der Waals surface area contributed by atoms with Gasteiger partial charge in [0.25, 0.3) is 5.91 Å². The molecule has 110 valence electrons. The molecule has 2 aromatic rings. The summed E-state index contributed by atoms with van der Waals surface area (Å²) in [5.74, 6) is -1.21. The number of thioether (sulfide) groups is 1. The van der Waals surface area contributed by atoms with Crippen molar-refractivity contribution in [1.82, 2.24) is 5.32 Å². The second-order valence-corrected chi connectivity index (χ2v) is 6.36. The van der Waals surface area contributed by atoms with Crippen LogP contribution in [0.4, 0.5) is 5.69 Å². The van der Waals surface area contributed by atoms with Crippen LogP contribution in [0.2, 0.25) is 0 Å². The Morgan fingerprint density at radius 3 is 2.86 bits per heavy atom. The van der Waals surface area contributed by atoms with E-state index >= 15 is 0 Å². The van der Waals surface area contributed by atoms with Gasteiger partial charge in [0.05, 0.1) is 16.2 Å². The lowest BCUT2D eigenvalue weighted by Gasteiger charge is -1.98. The number of hydrogen-bond donors (Lipinski definition) is 2. The molecule has 1 fully saturated rings. The molecule has 7 heteroatoms. The summed E-state index contributed by atoms with van der Waals surface area (Å²) in [6, 6.07) is 10.1. The molecule has 1 saturated heterocycles. The van der Waals surface area contributed by atoms with Crippen molar-refractivity contribution in [1.29, 1.82) is 0 Å². The molecular formula is C15H10N2O3S2.